The third kappa shape index (κ3) is 5.98. The Labute approximate surface area is 145 Å². The van der Waals surface area contributed by atoms with Crippen LogP contribution in [0, 0.1) is 0 Å². The van der Waals surface area contributed by atoms with Gasteiger partial charge in [-0.1, -0.05) is 36.4 Å². The molecule has 130 valence electrons. The quantitative estimate of drug-likeness (QED) is 0.849. The van der Waals surface area contributed by atoms with Crippen molar-refractivity contribution in [3.63, 3.8) is 0 Å². The lowest BCUT2D eigenvalue weighted by atomic mass is 10.0. The molecule has 0 unspecified atom stereocenters. The zero-order chi connectivity index (χ0) is 16.9. The van der Waals surface area contributed by atoms with Gasteiger partial charge in [-0.3, -0.25) is 4.79 Å². The molecule has 0 amide bonds. The summed E-state index contributed by atoms with van der Waals surface area (Å²) >= 11 is 0. The van der Waals surface area contributed by atoms with Crippen LogP contribution in [0.2, 0.25) is 0 Å². The summed E-state index contributed by atoms with van der Waals surface area (Å²) in [5.41, 5.74) is 7.37. The van der Waals surface area contributed by atoms with Gasteiger partial charge in [0.05, 0.1) is 5.56 Å². The minimum atomic E-state index is -4.35. The summed E-state index contributed by atoms with van der Waals surface area (Å²) in [5.74, 6) is -0.0312. The van der Waals surface area contributed by atoms with Gasteiger partial charge in [0, 0.05) is 12.8 Å². The second-order valence-corrected chi connectivity index (χ2v) is 5.44. The summed E-state index contributed by atoms with van der Waals surface area (Å²) < 4.78 is 37.4. The first-order valence-electron chi connectivity index (χ1n) is 7.34. The fourth-order valence-corrected chi connectivity index (χ4v) is 2.32. The van der Waals surface area contributed by atoms with Gasteiger partial charge in [-0.2, -0.15) is 13.2 Å². The van der Waals surface area contributed by atoms with Crippen molar-refractivity contribution in [1.29, 1.82) is 0 Å². The Kier molecular flexibility index (Phi) is 7.45. The predicted molar refractivity (Wildman–Crippen MR) is 90.3 cm³/mol. The minimum Gasteiger partial charge on any atom is -0.330 e. The molecule has 0 spiro atoms. The third-order valence-electron chi connectivity index (χ3n) is 3.54. The van der Waals surface area contributed by atoms with Crippen molar-refractivity contribution in [3.8, 4) is 0 Å². The van der Waals surface area contributed by atoms with Crippen LogP contribution in [0.3, 0.4) is 0 Å². The van der Waals surface area contributed by atoms with Crippen LogP contribution in [-0.2, 0) is 30.2 Å². The molecule has 0 aliphatic rings. The summed E-state index contributed by atoms with van der Waals surface area (Å²) in [5, 5.41) is 0. The number of hydrogen-bond acceptors (Lipinski definition) is 2. The molecule has 2 rings (SSSR count). The van der Waals surface area contributed by atoms with Crippen molar-refractivity contribution in [3.05, 3.63) is 70.8 Å². The average Bonchev–Trinajstić information content (AvgIpc) is 2.49. The Morgan fingerprint density at radius 2 is 1.25 bits per heavy atom. The van der Waals surface area contributed by atoms with Crippen LogP contribution in [0.15, 0.2) is 48.5 Å². The lowest BCUT2D eigenvalue weighted by Crippen LogP contribution is -2.08. The number of alkyl halides is 3. The molecule has 2 aromatic rings. The number of carbonyl (C=O) groups excluding carboxylic acids is 1. The van der Waals surface area contributed by atoms with E-state index in [2.05, 4.69) is 0 Å². The van der Waals surface area contributed by atoms with E-state index in [1.165, 1.54) is 12.1 Å². The molecule has 2 aromatic carbocycles. The Hall–Kier alpha value is -1.85. The van der Waals surface area contributed by atoms with Gasteiger partial charge in [0.2, 0.25) is 0 Å². The zero-order valence-electron chi connectivity index (χ0n) is 13.0. The Morgan fingerprint density at radius 1 is 0.833 bits per heavy atom. The monoisotopic (exact) mass is 357 g/mol. The Morgan fingerprint density at radius 3 is 1.67 bits per heavy atom. The highest BCUT2D eigenvalue weighted by molar-refractivity contribution is 5.85. The van der Waals surface area contributed by atoms with Gasteiger partial charge in [-0.05, 0) is 41.8 Å². The first-order valence-corrected chi connectivity index (χ1v) is 7.34. The number of ketones is 1. The summed E-state index contributed by atoms with van der Waals surface area (Å²) in [6.07, 6.45) is -3.17. The molecule has 0 atom stereocenters. The average molecular weight is 358 g/mol. The maximum Gasteiger partial charge on any atom is 0.416 e. The van der Waals surface area contributed by atoms with Crippen LogP contribution in [-0.4, -0.2) is 12.3 Å². The van der Waals surface area contributed by atoms with Crippen molar-refractivity contribution in [1.82, 2.24) is 0 Å². The van der Waals surface area contributed by atoms with Gasteiger partial charge < -0.3 is 5.73 Å². The molecule has 0 aliphatic carbocycles. The molecule has 0 heterocycles. The largest absolute Gasteiger partial charge is 0.416 e. The van der Waals surface area contributed by atoms with E-state index in [0.717, 1.165) is 29.7 Å². The minimum absolute atomic E-state index is 0. The summed E-state index contributed by atoms with van der Waals surface area (Å²) in [6, 6.07) is 12.4. The fraction of sp³-hybridized carbons (Fsp3) is 0.278. The lowest BCUT2D eigenvalue weighted by molar-refractivity contribution is -0.137. The molecule has 0 bridgehead atoms. The maximum absolute atomic E-state index is 12.5. The first kappa shape index (κ1) is 20.2. The lowest BCUT2D eigenvalue weighted by Gasteiger charge is -2.07. The molecule has 6 heteroatoms. The van der Waals surface area contributed by atoms with E-state index < -0.39 is 11.7 Å². The number of rotatable bonds is 6. The molecule has 24 heavy (non-hydrogen) atoms. The van der Waals surface area contributed by atoms with Crippen LogP contribution in [0.5, 0.6) is 0 Å². The van der Waals surface area contributed by atoms with E-state index in [1.807, 2.05) is 24.3 Å². The van der Waals surface area contributed by atoms with Gasteiger partial charge in [-0.15, -0.1) is 12.4 Å². The van der Waals surface area contributed by atoms with E-state index in [4.69, 9.17) is 5.73 Å². The standard InChI is InChI=1S/C18H18F3NO.ClH/c19-18(20,21)16-7-5-15(6-8-16)12-17(23)11-14-3-1-13(2-4-14)9-10-22;/h1-8H,9-12,22H2;1H. The van der Waals surface area contributed by atoms with E-state index >= 15 is 0 Å². The van der Waals surface area contributed by atoms with E-state index in [9.17, 15) is 18.0 Å². The van der Waals surface area contributed by atoms with Gasteiger partial charge in [0.1, 0.15) is 5.78 Å². The molecule has 2 N–H and O–H groups in total. The highest BCUT2D eigenvalue weighted by Gasteiger charge is 2.29. The summed E-state index contributed by atoms with van der Waals surface area (Å²) in [7, 11) is 0. The number of hydrogen-bond donors (Lipinski definition) is 1. The van der Waals surface area contributed by atoms with Crippen molar-refractivity contribution in [2.45, 2.75) is 25.4 Å². The van der Waals surface area contributed by atoms with Gasteiger partial charge in [0.25, 0.3) is 0 Å². The number of benzene rings is 2. The molecule has 2 nitrogen and oxygen atoms in total. The SMILES string of the molecule is Cl.NCCc1ccc(CC(=O)Cc2ccc(C(F)(F)F)cc2)cc1. The smallest absolute Gasteiger partial charge is 0.330 e. The number of carbonyl (C=O) groups is 1. The third-order valence-corrected chi connectivity index (χ3v) is 3.54. The molecule has 0 radical (unpaired) electrons. The van der Waals surface area contributed by atoms with Crippen molar-refractivity contribution in [2.75, 3.05) is 6.54 Å². The van der Waals surface area contributed by atoms with Crippen molar-refractivity contribution < 1.29 is 18.0 Å². The summed E-state index contributed by atoms with van der Waals surface area (Å²) in [6.45, 7) is 0.576. The van der Waals surface area contributed by atoms with E-state index in [0.29, 0.717) is 12.1 Å². The molecule has 0 aromatic heterocycles. The van der Waals surface area contributed by atoms with Crippen LogP contribution >= 0.6 is 12.4 Å². The van der Waals surface area contributed by atoms with Crippen LogP contribution in [0.1, 0.15) is 22.3 Å². The highest BCUT2D eigenvalue weighted by atomic mass is 35.5. The van der Waals surface area contributed by atoms with Crippen LogP contribution < -0.4 is 5.73 Å². The second-order valence-electron chi connectivity index (χ2n) is 5.44. The summed E-state index contributed by atoms with van der Waals surface area (Å²) in [4.78, 5) is 12.0. The molecular weight excluding hydrogens is 339 g/mol. The van der Waals surface area contributed by atoms with Gasteiger partial charge >= 0.3 is 6.18 Å². The fourth-order valence-electron chi connectivity index (χ4n) is 2.32. The Bertz CT molecular complexity index is 651. The highest BCUT2D eigenvalue weighted by Crippen LogP contribution is 2.29. The second kappa shape index (κ2) is 8.85. The Balaban J connectivity index is 0.00000288. The number of nitrogens with two attached hydrogens (primary N) is 1. The van der Waals surface area contributed by atoms with Gasteiger partial charge in [0.15, 0.2) is 0 Å². The predicted octanol–water partition coefficient (Wildman–Crippen LogP) is 3.98. The first-order chi connectivity index (χ1) is 10.9. The number of Topliss-reactive ketones (excluding diaryl/α,β-unsaturated/α-hetero) is 1. The van der Waals surface area contributed by atoms with E-state index in [1.54, 1.807) is 0 Å². The molecule has 0 fully saturated rings. The van der Waals surface area contributed by atoms with E-state index in [-0.39, 0.29) is 31.0 Å². The van der Waals surface area contributed by atoms with Crippen LogP contribution in [0.4, 0.5) is 13.2 Å². The van der Waals surface area contributed by atoms with Crippen LogP contribution in [0.25, 0.3) is 0 Å². The maximum atomic E-state index is 12.5. The zero-order valence-corrected chi connectivity index (χ0v) is 13.8. The van der Waals surface area contributed by atoms with Crippen molar-refractivity contribution >= 4 is 18.2 Å². The molecule has 0 saturated carbocycles. The number of halogens is 4. The van der Waals surface area contributed by atoms with Gasteiger partial charge in [-0.25, -0.2) is 0 Å². The molecule has 0 aliphatic heterocycles. The molecular formula is C18H19ClF3NO. The normalized spacial score (nSPS) is 11.0. The van der Waals surface area contributed by atoms with Crippen molar-refractivity contribution in [2.24, 2.45) is 5.73 Å². The molecule has 0 saturated heterocycles. The topological polar surface area (TPSA) is 43.1 Å².